The third kappa shape index (κ3) is 2.80. The molecule has 0 radical (unpaired) electrons. The van der Waals surface area contributed by atoms with Crippen LogP contribution in [-0.2, 0) is 0 Å². The van der Waals surface area contributed by atoms with Crippen LogP contribution in [0.15, 0.2) is 22.7 Å². The molecule has 1 aromatic rings. The van der Waals surface area contributed by atoms with E-state index in [1.165, 1.54) is 48.1 Å². The number of nitrogens with zero attached hydrogens (tertiary/aromatic N) is 2. The number of aryl methyl sites for hydroxylation is 1. The summed E-state index contributed by atoms with van der Waals surface area (Å²) in [6.07, 6.45) is 2.71. The number of nitrogens with two attached hydrogens (primary N) is 1. The van der Waals surface area contributed by atoms with E-state index in [1.807, 2.05) is 0 Å². The first kappa shape index (κ1) is 14.5. The molecule has 20 heavy (non-hydrogen) atoms. The lowest BCUT2D eigenvalue weighted by atomic mass is 10.0. The second-order valence-corrected chi connectivity index (χ2v) is 6.96. The van der Waals surface area contributed by atoms with E-state index in [0.717, 1.165) is 12.6 Å². The Labute approximate surface area is 130 Å². The zero-order valence-electron chi connectivity index (χ0n) is 12.2. The number of benzene rings is 1. The van der Waals surface area contributed by atoms with Gasteiger partial charge in [0, 0.05) is 42.7 Å². The molecular weight excluding hydrogens is 314 g/mol. The van der Waals surface area contributed by atoms with Crippen molar-refractivity contribution in [3.63, 3.8) is 0 Å². The molecule has 2 fully saturated rings. The average molecular weight is 338 g/mol. The molecule has 2 unspecified atom stereocenters. The van der Waals surface area contributed by atoms with Gasteiger partial charge in [0.2, 0.25) is 0 Å². The van der Waals surface area contributed by atoms with Crippen molar-refractivity contribution in [2.45, 2.75) is 31.8 Å². The molecular formula is C16H24BrN3. The van der Waals surface area contributed by atoms with Gasteiger partial charge in [0.05, 0.1) is 0 Å². The van der Waals surface area contributed by atoms with Crippen LogP contribution in [0, 0.1) is 6.92 Å². The molecule has 2 aliphatic rings. The van der Waals surface area contributed by atoms with Crippen LogP contribution in [0.2, 0.25) is 0 Å². The third-order valence-corrected chi connectivity index (χ3v) is 5.48. The van der Waals surface area contributed by atoms with Gasteiger partial charge < -0.3 is 5.73 Å². The summed E-state index contributed by atoms with van der Waals surface area (Å²) in [4.78, 5) is 5.23. The highest BCUT2D eigenvalue weighted by Gasteiger charge is 2.33. The molecule has 4 heteroatoms. The molecule has 110 valence electrons. The maximum absolute atomic E-state index is 6.10. The van der Waals surface area contributed by atoms with Crippen LogP contribution >= 0.6 is 15.9 Å². The predicted molar refractivity (Wildman–Crippen MR) is 86.8 cm³/mol. The first-order chi connectivity index (χ1) is 9.69. The summed E-state index contributed by atoms with van der Waals surface area (Å²) in [5.74, 6) is 0. The zero-order chi connectivity index (χ0) is 14.1. The molecule has 2 saturated heterocycles. The molecule has 2 aliphatic heterocycles. The van der Waals surface area contributed by atoms with E-state index < -0.39 is 0 Å². The fourth-order valence-electron chi connectivity index (χ4n) is 3.67. The highest BCUT2D eigenvalue weighted by Crippen LogP contribution is 2.31. The largest absolute Gasteiger partial charge is 0.329 e. The molecule has 2 atom stereocenters. The van der Waals surface area contributed by atoms with Gasteiger partial charge in [0.15, 0.2) is 0 Å². The van der Waals surface area contributed by atoms with Gasteiger partial charge in [-0.2, -0.15) is 0 Å². The van der Waals surface area contributed by atoms with Crippen LogP contribution in [0.25, 0.3) is 0 Å². The highest BCUT2D eigenvalue weighted by molar-refractivity contribution is 9.10. The molecule has 2 heterocycles. The number of rotatable bonds is 3. The molecule has 3 rings (SSSR count). The van der Waals surface area contributed by atoms with Crippen molar-refractivity contribution in [3.8, 4) is 0 Å². The minimum atomic E-state index is 0.340. The minimum absolute atomic E-state index is 0.340. The Morgan fingerprint density at radius 1 is 1.35 bits per heavy atom. The molecule has 0 aliphatic carbocycles. The van der Waals surface area contributed by atoms with Gasteiger partial charge >= 0.3 is 0 Å². The van der Waals surface area contributed by atoms with Gasteiger partial charge in [-0.1, -0.05) is 28.1 Å². The normalized spacial score (nSPS) is 25.6. The fourth-order valence-corrected chi connectivity index (χ4v) is 4.43. The van der Waals surface area contributed by atoms with Crippen LogP contribution in [0.5, 0.6) is 0 Å². The van der Waals surface area contributed by atoms with Crippen LogP contribution in [0.4, 0.5) is 0 Å². The Morgan fingerprint density at radius 2 is 2.20 bits per heavy atom. The SMILES string of the molecule is Cc1ccc(C(CN)N2CCN3CCCC3C2)c(Br)c1. The highest BCUT2D eigenvalue weighted by atomic mass is 79.9. The van der Waals surface area contributed by atoms with E-state index in [0.29, 0.717) is 12.6 Å². The zero-order valence-corrected chi connectivity index (χ0v) is 13.8. The van der Waals surface area contributed by atoms with Crippen molar-refractivity contribution in [1.29, 1.82) is 0 Å². The second-order valence-electron chi connectivity index (χ2n) is 6.10. The van der Waals surface area contributed by atoms with Gasteiger partial charge in [0.25, 0.3) is 0 Å². The Bertz CT molecular complexity index is 477. The number of fused-ring (bicyclic) bond motifs is 1. The topological polar surface area (TPSA) is 32.5 Å². The second kappa shape index (κ2) is 6.14. The number of hydrogen-bond donors (Lipinski definition) is 1. The number of piperazine rings is 1. The summed E-state index contributed by atoms with van der Waals surface area (Å²) in [6, 6.07) is 7.71. The van der Waals surface area contributed by atoms with E-state index in [1.54, 1.807) is 0 Å². The van der Waals surface area contributed by atoms with Crippen LogP contribution in [0.1, 0.15) is 30.0 Å². The van der Waals surface area contributed by atoms with Crippen molar-refractivity contribution >= 4 is 15.9 Å². The van der Waals surface area contributed by atoms with Gasteiger partial charge in [-0.05, 0) is 43.5 Å². The third-order valence-electron chi connectivity index (χ3n) is 4.80. The Hall–Kier alpha value is -0.420. The molecule has 3 nitrogen and oxygen atoms in total. The molecule has 1 aromatic carbocycles. The molecule has 0 bridgehead atoms. The number of halogens is 1. The predicted octanol–water partition coefficient (Wildman–Crippen LogP) is 2.54. The standard InChI is InChI=1S/C16H24BrN3/c1-12-4-5-14(15(17)9-12)16(10-18)20-8-7-19-6-2-3-13(19)11-20/h4-5,9,13,16H,2-3,6-8,10-11,18H2,1H3. The molecule has 0 saturated carbocycles. The van der Waals surface area contributed by atoms with E-state index in [-0.39, 0.29) is 0 Å². The van der Waals surface area contributed by atoms with Crippen molar-refractivity contribution in [2.75, 3.05) is 32.7 Å². The quantitative estimate of drug-likeness (QED) is 0.919. The monoisotopic (exact) mass is 337 g/mol. The summed E-state index contributed by atoms with van der Waals surface area (Å²) in [7, 11) is 0. The van der Waals surface area contributed by atoms with Gasteiger partial charge in [-0.25, -0.2) is 0 Å². The van der Waals surface area contributed by atoms with Gasteiger partial charge in [-0.15, -0.1) is 0 Å². The molecule has 0 aromatic heterocycles. The molecule has 0 spiro atoms. The van der Waals surface area contributed by atoms with Crippen LogP contribution in [-0.4, -0.2) is 48.6 Å². The maximum Gasteiger partial charge on any atom is 0.0482 e. The minimum Gasteiger partial charge on any atom is -0.329 e. The Balaban J connectivity index is 1.79. The van der Waals surface area contributed by atoms with Crippen molar-refractivity contribution < 1.29 is 0 Å². The van der Waals surface area contributed by atoms with Crippen molar-refractivity contribution in [3.05, 3.63) is 33.8 Å². The van der Waals surface area contributed by atoms with Gasteiger partial charge in [-0.3, -0.25) is 9.80 Å². The summed E-state index contributed by atoms with van der Waals surface area (Å²) in [5.41, 5.74) is 8.73. The lowest BCUT2D eigenvalue weighted by Gasteiger charge is -2.41. The maximum atomic E-state index is 6.10. The molecule has 2 N–H and O–H groups in total. The summed E-state index contributed by atoms with van der Waals surface area (Å²) in [5, 5.41) is 0. The average Bonchev–Trinajstić information content (AvgIpc) is 2.89. The van der Waals surface area contributed by atoms with Crippen molar-refractivity contribution in [2.24, 2.45) is 5.73 Å². The van der Waals surface area contributed by atoms with Crippen LogP contribution < -0.4 is 5.73 Å². The van der Waals surface area contributed by atoms with E-state index in [4.69, 9.17) is 5.73 Å². The molecule has 0 amide bonds. The lowest BCUT2D eigenvalue weighted by molar-refractivity contribution is 0.0735. The van der Waals surface area contributed by atoms with E-state index >= 15 is 0 Å². The van der Waals surface area contributed by atoms with Crippen LogP contribution in [0.3, 0.4) is 0 Å². The smallest absolute Gasteiger partial charge is 0.0482 e. The van der Waals surface area contributed by atoms with Crippen molar-refractivity contribution in [1.82, 2.24) is 9.80 Å². The van der Waals surface area contributed by atoms with E-state index in [9.17, 15) is 0 Å². The van der Waals surface area contributed by atoms with E-state index in [2.05, 4.69) is 50.9 Å². The number of hydrogen-bond acceptors (Lipinski definition) is 3. The summed E-state index contributed by atoms with van der Waals surface area (Å²) < 4.78 is 1.20. The summed E-state index contributed by atoms with van der Waals surface area (Å²) in [6.45, 7) is 7.61. The lowest BCUT2D eigenvalue weighted by Crippen LogP contribution is -2.52. The summed E-state index contributed by atoms with van der Waals surface area (Å²) >= 11 is 3.72. The Morgan fingerprint density at radius 3 is 2.95 bits per heavy atom. The Kier molecular flexibility index (Phi) is 4.46. The first-order valence-electron chi connectivity index (χ1n) is 7.63. The fraction of sp³-hybridized carbons (Fsp3) is 0.625. The van der Waals surface area contributed by atoms with Gasteiger partial charge in [0.1, 0.15) is 0 Å². The first-order valence-corrected chi connectivity index (χ1v) is 8.42.